The van der Waals surface area contributed by atoms with Gasteiger partial charge < -0.3 is 5.32 Å². The molecule has 10 heteroatoms. The molecule has 10 nitrogen and oxygen atoms in total. The predicted octanol–water partition coefficient (Wildman–Crippen LogP) is 3.83. The molecule has 4 heterocycles. The Balaban J connectivity index is 1.56. The van der Waals surface area contributed by atoms with E-state index >= 15 is 0 Å². The smallest absolute Gasteiger partial charge is 0.168 e. The van der Waals surface area contributed by atoms with E-state index in [2.05, 4.69) is 31.7 Å². The number of nitrogens with zero attached hydrogens (tertiary/aromatic N) is 8. The lowest BCUT2D eigenvalue weighted by molar-refractivity contribution is 0.101. The van der Waals surface area contributed by atoms with Gasteiger partial charge >= 0.3 is 0 Å². The van der Waals surface area contributed by atoms with Crippen molar-refractivity contribution >= 4 is 28.3 Å². The van der Waals surface area contributed by atoms with Crippen LogP contribution in [0.5, 0.6) is 0 Å². The van der Waals surface area contributed by atoms with Crippen LogP contribution >= 0.6 is 0 Å². The quantitative estimate of drug-likeness (QED) is 0.401. The highest BCUT2D eigenvalue weighted by atomic mass is 16.1. The first-order valence-corrected chi connectivity index (χ1v) is 10.5. The number of carbonyl (C=O) groups is 1. The van der Waals surface area contributed by atoms with Gasteiger partial charge in [-0.25, -0.2) is 14.6 Å². The number of Topliss-reactive ketones (excluding diaryl/α,β-unsaturated/α-hetero) is 1. The Morgan fingerprint density at radius 1 is 1.03 bits per heavy atom. The molecule has 166 valence electrons. The number of nitriles is 1. The van der Waals surface area contributed by atoms with Gasteiger partial charge in [0.15, 0.2) is 17.4 Å². The van der Waals surface area contributed by atoms with Crippen LogP contribution in [0.1, 0.15) is 34.4 Å². The number of aromatic nitrogens is 7. The van der Waals surface area contributed by atoms with Gasteiger partial charge in [0.1, 0.15) is 23.9 Å². The standard InChI is InChI=1S/C24H19N9O/c1-14-4-8-22(30-29-14)27-17-5-7-21-20(11-17)26-13-32(21)23-9-6-19(16(3)34)24(28-23)33-18(12-25)10-15(2)31-33/h4-11,13H,1-3H3,(H,27,30). The van der Waals surface area contributed by atoms with Crippen molar-refractivity contribution < 1.29 is 4.79 Å². The second-order valence-corrected chi connectivity index (χ2v) is 7.79. The molecule has 34 heavy (non-hydrogen) atoms. The molecular formula is C24H19N9O. The Morgan fingerprint density at radius 2 is 1.88 bits per heavy atom. The summed E-state index contributed by atoms with van der Waals surface area (Å²) in [6.07, 6.45) is 1.67. The molecule has 0 bridgehead atoms. The molecule has 0 fully saturated rings. The second-order valence-electron chi connectivity index (χ2n) is 7.79. The molecule has 0 atom stereocenters. The van der Waals surface area contributed by atoms with Crippen molar-refractivity contribution in [3.63, 3.8) is 0 Å². The van der Waals surface area contributed by atoms with Gasteiger partial charge in [0, 0.05) is 5.69 Å². The third kappa shape index (κ3) is 3.75. The summed E-state index contributed by atoms with van der Waals surface area (Å²) in [6.45, 7) is 5.13. The van der Waals surface area contributed by atoms with Crippen LogP contribution in [0, 0.1) is 25.2 Å². The molecule has 0 aliphatic heterocycles. The second kappa shape index (κ2) is 8.22. The Morgan fingerprint density at radius 3 is 2.62 bits per heavy atom. The average molecular weight is 449 g/mol. The van der Waals surface area contributed by atoms with Gasteiger partial charge in [-0.05, 0) is 69.3 Å². The molecule has 0 spiro atoms. The molecule has 4 aromatic heterocycles. The van der Waals surface area contributed by atoms with Gasteiger partial charge in [-0.3, -0.25) is 9.36 Å². The van der Waals surface area contributed by atoms with Gasteiger partial charge in [0.25, 0.3) is 0 Å². The minimum Gasteiger partial charge on any atom is -0.339 e. The summed E-state index contributed by atoms with van der Waals surface area (Å²) in [6, 6.07) is 16.7. The first-order chi connectivity index (χ1) is 16.4. The highest BCUT2D eigenvalue weighted by Gasteiger charge is 2.18. The number of hydrogen-bond donors (Lipinski definition) is 1. The number of benzene rings is 1. The zero-order valence-electron chi connectivity index (χ0n) is 18.7. The lowest BCUT2D eigenvalue weighted by atomic mass is 10.2. The molecular weight excluding hydrogens is 430 g/mol. The summed E-state index contributed by atoms with van der Waals surface area (Å²) >= 11 is 0. The van der Waals surface area contributed by atoms with Gasteiger partial charge in [0.2, 0.25) is 0 Å². The SMILES string of the molecule is CC(=O)c1ccc(-n2cnc3cc(Nc4ccc(C)nn4)ccc32)nc1-n1nc(C)cc1C#N. The number of fused-ring (bicyclic) bond motifs is 1. The minimum atomic E-state index is -0.170. The van der Waals surface area contributed by atoms with Gasteiger partial charge in [-0.2, -0.15) is 15.5 Å². The van der Waals surface area contributed by atoms with E-state index < -0.39 is 0 Å². The number of carbonyl (C=O) groups excluding carboxylic acids is 1. The van der Waals surface area contributed by atoms with E-state index in [0.29, 0.717) is 34.4 Å². The van der Waals surface area contributed by atoms with E-state index in [-0.39, 0.29) is 5.78 Å². The van der Waals surface area contributed by atoms with Crippen molar-refractivity contribution in [2.45, 2.75) is 20.8 Å². The molecule has 0 unspecified atom stereocenters. The average Bonchev–Trinajstić information content (AvgIpc) is 3.43. The zero-order chi connectivity index (χ0) is 23.8. The normalized spacial score (nSPS) is 10.9. The number of ketones is 1. The van der Waals surface area contributed by atoms with E-state index in [0.717, 1.165) is 22.4 Å². The summed E-state index contributed by atoms with van der Waals surface area (Å²) in [5.41, 5.74) is 4.57. The number of aryl methyl sites for hydroxylation is 2. The molecule has 1 N–H and O–H groups in total. The van der Waals surface area contributed by atoms with E-state index in [1.165, 1.54) is 11.6 Å². The summed E-state index contributed by atoms with van der Waals surface area (Å²) in [4.78, 5) is 21.5. The maximum atomic E-state index is 12.3. The maximum Gasteiger partial charge on any atom is 0.168 e. The van der Waals surface area contributed by atoms with E-state index in [1.54, 1.807) is 31.5 Å². The number of hydrogen-bond acceptors (Lipinski definition) is 8. The third-order valence-electron chi connectivity index (χ3n) is 5.25. The first kappa shape index (κ1) is 21.0. The molecule has 0 saturated carbocycles. The van der Waals surface area contributed by atoms with Crippen molar-refractivity contribution in [1.29, 1.82) is 5.26 Å². The largest absolute Gasteiger partial charge is 0.339 e. The monoisotopic (exact) mass is 449 g/mol. The lowest BCUT2D eigenvalue weighted by Crippen LogP contribution is -2.11. The summed E-state index contributed by atoms with van der Waals surface area (Å²) in [5.74, 6) is 1.31. The van der Waals surface area contributed by atoms with Crippen molar-refractivity contribution in [2.75, 3.05) is 5.32 Å². The molecule has 5 aromatic rings. The molecule has 0 amide bonds. The number of anilines is 2. The van der Waals surface area contributed by atoms with Crippen LogP contribution in [0.3, 0.4) is 0 Å². The number of nitrogens with one attached hydrogen (secondary N) is 1. The molecule has 1 aromatic carbocycles. The number of pyridine rings is 1. The van der Waals surface area contributed by atoms with E-state index in [1.807, 2.05) is 41.8 Å². The number of imidazole rings is 1. The summed E-state index contributed by atoms with van der Waals surface area (Å²) < 4.78 is 3.22. The fourth-order valence-electron chi connectivity index (χ4n) is 3.64. The summed E-state index contributed by atoms with van der Waals surface area (Å²) in [7, 11) is 0. The Kier molecular flexibility index (Phi) is 5.07. The van der Waals surface area contributed by atoms with Crippen LogP contribution in [0.25, 0.3) is 22.7 Å². The van der Waals surface area contributed by atoms with Crippen molar-refractivity contribution in [2.24, 2.45) is 0 Å². The third-order valence-corrected chi connectivity index (χ3v) is 5.25. The number of rotatable bonds is 5. The van der Waals surface area contributed by atoms with Crippen LogP contribution in [0.15, 0.2) is 54.9 Å². The Labute approximate surface area is 194 Å². The first-order valence-electron chi connectivity index (χ1n) is 10.5. The summed E-state index contributed by atoms with van der Waals surface area (Å²) in [5, 5.41) is 25.3. The predicted molar refractivity (Wildman–Crippen MR) is 125 cm³/mol. The highest BCUT2D eigenvalue weighted by Crippen LogP contribution is 2.24. The van der Waals surface area contributed by atoms with Gasteiger partial charge in [-0.1, -0.05) is 0 Å². The zero-order valence-corrected chi connectivity index (χ0v) is 18.7. The van der Waals surface area contributed by atoms with Crippen LogP contribution in [-0.2, 0) is 0 Å². The molecule has 0 aliphatic carbocycles. The molecule has 5 rings (SSSR count). The van der Waals surface area contributed by atoms with Crippen molar-refractivity contribution in [3.8, 4) is 17.7 Å². The topological polar surface area (TPSA) is 127 Å². The van der Waals surface area contributed by atoms with Crippen LogP contribution < -0.4 is 5.32 Å². The molecule has 0 radical (unpaired) electrons. The molecule has 0 saturated heterocycles. The van der Waals surface area contributed by atoms with Crippen LogP contribution in [0.4, 0.5) is 11.5 Å². The van der Waals surface area contributed by atoms with Crippen LogP contribution in [-0.4, -0.2) is 40.3 Å². The lowest BCUT2D eigenvalue weighted by Gasteiger charge is -2.11. The van der Waals surface area contributed by atoms with Crippen LogP contribution in [0.2, 0.25) is 0 Å². The highest BCUT2D eigenvalue weighted by molar-refractivity contribution is 5.97. The minimum absolute atomic E-state index is 0.170. The van der Waals surface area contributed by atoms with Crippen molar-refractivity contribution in [3.05, 3.63) is 77.5 Å². The Bertz CT molecular complexity index is 1590. The van der Waals surface area contributed by atoms with E-state index in [4.69, 9.17) is 4.98 Å². The van der Waals surface area contributed by atoms with Gasteiger partial charge in [-0.15, -0.1) is 5.10 Å². The fraction of sp³-hybridized carbons (Fsp3) is 0.125. The van der Waals surface area contributed by atoms with Gasteiger partial charge in [0.05, 0.1) is 28.0 Å². The maximum absolute atomic E-state index is 12.3. The fourth-order valence-corrected chi connectivity index (χ4v) is 3.64. The van der Waals surface area contributed by atoms with E-state index in [9.17, 15) is 10.1 Å². The molecule has 0 aliphatic rings. The van der Waals surface area contributed by atoms with Crippen molar-refractivity contribution in [1.82, 2.24) is 34.5 Å². The Hall–Kier alpha value is -4.91.